The highest BCUT2D eigenvalue weighted by Gasteiger charge is 2.22. The summed E-state index contributed by atoms with van der Waals surface area (Å²) < 4.78 is 0. The molecule has 0 bridgehead atoms. The van der Waals surface area contributed by atoms with E-state index >= 15 is 0 Å². The summed E-state index contributed by atoms with van der Waals surface area (Å²) in [5.41, 5.74) is 0.113. The zero-order valence-electron chi connectivity index (χ0n) is 11.0. The van der Waals surface area contributed by atoms with Crippen LogP contribution in [0.4, 0.5) is 0 Å². The molecule has 19 heavy (non-hydrogen) atoms. The zero-order chi connectivity index (χ0) is 13.8. The second-order valence-corrected chi connectivity index (χ2v) is 5.11. The normalized spacial score (nSPS) is 23.0. The third kappa shape index (κ3) is 3.17. The number of rotatable bonds is 3. The van der Waals surface area contributed by atoms with Crippen LogP contribution in [-0.4, -0.2) is 35.8 Å². The summed E-state index contributed by atoms with van der Waals surface area (Å²) in [4.78, 5) is 12.0. The van der Waals surface area contributed by atoms with Gasteiger partial charge in [0.1, 0.15) is 0 Å². The molecule has 0 aliphatic carbocycles. The number of amides is 1. The number of hydrogen-bond donors (Lipinski definition) is 4. The van der Waals surface area contributed by atoms with E-state index in [1.807, 2.05) is 0 Å². The molecular weight excluding hydrogens is 244 g/mol. The van der Waals surface area contributed by atoms with E-state index in [0.29, 0.717) is 18.4 Å². The predicted octanol–water partition coefficient (Wildman–Crippen LogP) is 1.07. The number of aromatic hydroxyl groups is 2. The third-order valence-corrected chi connectivity index (χ3v) is 3.75. The van der Waals surface area contributed by atoms with Crippen LogP contribution in [0.15, 0.2) is 18.2 Å². The molecule has 5 heteroatoms. The summed E-state index contributed by atoms with van der Waals surface area (Å²) >= 11 is 0. The van der Waals surface area contributed by atoms with Gasteiger partial charge in [-0.15, -0.1) is 0 Å². The summed E-state index contributed by atoms with van der Waals surface area (Å²) in [6.07, 6.45) is 1.04. The molecule has 2 unspecified atom stereocenters. The Morgan fingerprint density at radius 2 is 2.26 bits per heavy atom. The molecule has 0 saturated carbocycles. The number of carbonyl (C=O) groups excluding carboxylic acids is 1. The molecule has 2 rings (SSSR count). The molecule has 1 aliphatic rings. The summed E-state index contributed by atoms with van der Waals surface area (Å²) in [6, 6.07) is 4.38. The van der Waals surface area contributed by atoms with E-state index in [1.54, 1.807) is 0 Å². The Labute approximate surface area is 112 Å². The number of carbonyl (C=O) groups is 1. The first-order valence-corrected chi connectivity index (χ1v) is 6.59. The summed E-state index contributed by atoms with van der Waals surface area (Å²) in [5, 5.41) is 25.1. The maximum Gasteiger partial charge on any atom is 0.255 e. The lowest BCUT2D eigenvalue weighted by molar-refractivity contribution is 0.0934. The Morgan fingerprint density at radius 3 is 3.00 bits per heavy atom. The SMILES string of the molecule is CC1CNCCC1CNC(=O)c1cccc(O)c1O. The molecule has 4 N–H and O–H groups in total. The van der Waals surface area contributed by atoms with Crippen LogP contribution >= 0.6 is 0 Å². The minimum absolute atomic E-state index is 0.113. The van der Waals surface area contributed by atoms with Gasteiger partial charge in [-0.1, -0.05) is 13.0 Å². The number of para-hydroxylation sites is 1. The minimum atomic E-state index is -0.363. The number of phenols is 2. The van der Waals surface area contributed by atoms with Crippen molar-refractivity contribution in [2.75, 3.05) is 19.6 Å². The van der Waals surface area contributed by atoms with Gasteiger partial charge in [-0.25, -0.2) is 0 Å². The van der Waals surface area contributed by atoms with Crippen molar-refractivity contribution in [3.05, 3.63) is 23.8 Å². The van der Waals surface area contributed by atoms with Gasteiger partial charge in [0, 0.05) is 6.54 Å². The van der Waals surface area contributed by atoms with Crippen molar-refractivity contribution in [1.82, 2.24) is 10.6 Å². The van der Waals surface area contributed by atoms with E-state index in [1.165, 1.54) is 18.2 Å². The molecule has 2 atom stereocenters. The molecule has 1 fully saturated rings. The number of nitrogens with one attached hydrogen (secondary N) is 2. The second kappa shape index (κ2) is 5.93. The van der Waals surface area contributed by atoms with E-state index in [0.717, 1.165) is 19.5 Å². The summed E-state index contributed by atoms with van der Waals surface area (Å²) in [5.74, 6) is -0.0168. The Hall–Kier alpha value is -1.75. The van der Waals surface area contributed by atoms with E-state index < -0.39 is 0 Å². The van der Waals surface area contributed by atoms with Gasteiger partial charge >= 0.3 is 0 Å². The molecule has 0 radical (unpaired) electrons. The second-order valence-electron chi connectivity index (χ2n) is 5.11. The van der Waals surface area contributed by atoms with E-state index in [2.05, 4.69) is 17.6 Å². The maximum absolute atomic E-state index is 12.0. The van der Waals surface area contributed by atoms with Gasteiger partial charge in [0.2, 0.25) is 0 Å². The lowest BCUT2D eigenvalue weighted by Crippen LogP contribution is -2.41. The van der Waals surface area contributed by atoms with Crippen LogP contribution in [-0.2, 0) is 0 Å². The fourth-order valence-corrected chi connectivity index (χ4v) is 2.41. The van der Waals surface area contributed by atoms with Crippen LogP contribution in [0.2, 0.25) is 0 Å². The lowest BCUT2D eigenvalue weighted by atomic mass is 9.88. The Bertz CT molecular complexity index is 462. The Kier molecular flexibility index (Phi) is 4.27. The largest absolute Gasteiger partial charge is 0.504 e. The van der Waals surface area contributed by atoms with Crippen molar-refractivity contribution in [1.29, 1.82) is 0 Å². The first kappa shape index (κ1) is 13.7. The van der Waals surface area contributed by atoms with Gasteiger partial charge in [-0.3, -0.25) is 4.79 Å². The number of phenolic OH excluding ortho intramolecular Hbond substituents is 2. The highest BCUT2D eigenvalue weighted by molar-refractivity contribution is 5.97. The molecule has 5 nitrogen and oxygen atoms in total. The molecule has 1 heterocycles. The topological polar surface area (TPSA) is 81.6 Å². The molecule has 1 aromatic carbocycles. The Morgan fingerprint density at radius 1 is 1.47 bits per heavy atom. The van der Waals surface area contributed by atoms with Gasteiger partial charge in [-0.05, 0) is 43.5 Å². The monoisotopic (exact) mass is 264 g/mol. The molecule has 1 aromatic rings. The van der Waals surface area contributed by atoms with Crippen LogP contribution in [0.3, 0.4) is 0 Å². The Balaban J connectivity index is 1.95. The average molecular weight is 264 g/mol. The van der Waals surface area contributed by atoms with Gasteiger partial charge in [0.25, 0.3) is 5.91 Å². The van der Waals surface area contributed by atoms with Crippen molar-refractivity contribution in [3.8, 4) is 11.5 Å². The molecule has 0 aromatic heterocycles. The molecule has 0 spiro atoms. The average Bonchev–Trinajstić information content (AvgIpc) is 2.40. The first-order chi connectivity index (χ1) is 9.09. The number of benzene rings is 1. The fraction of sp³-hybridized carbons (Fsp3) is 0.500. The maximum atomic E-state index is 12.0. The summed E-state index contributed by atoms with van der Waals surface area (Å²) in [7, 11) is 0. The standard InChI is InChI=1S/C14H20N2O3/c1-9-7-15-6-5-10(9)8-16-14(19)11-3-2-4-12(17)13(11)18/h2-4,9-10,15,17-18H,5-8H2,1H3,(H,16,19). The molecule has 1 aliphatic heterocycles. The quantitative estimate of drug-likeness (QED) is 0.616. The smallest absolute Gasteiger partial charge is 0.255 e. The van der Waals surface area contributed by atoms with Crippen LogP contribution < -0.4 is 10.6 Å². The van der Waals surface area contributed by atoms with Crippen molar-refractivity contribution in [2.45, 2.75) is 13.3 Å². The van der Waals surface area contributed by atoms with E-state index in [9.17, 15) is 15.0 Å². The fourth-order valence-electron chi connectivity index (χ4n) is 2.41. The van der Waals surface area contributed by atoms with Gasteiger partial charge in [0.05, 0.1) is 5.56 Å². The highest BCUT2D eigenvalue weighted by atomic mass is 16.3. The predicted molar refractivity (Wildman–Crippen MR) is 72.2 cm³/mol. The van der Waals surface area contributed by atoms with Crippen molar-refractivity contribution in [3.63, 3.8) is 0 Å². The van der Waals surface area contributed by atoms with Crippen molar-refractivity contribution >= 4 is 5.91 Å². The molecule has 1 saturated heterocycles. The van der Waals surface area contributed by atoms with Crippen LogP contribution in [0.1, 0.15) is 23.7 Å². The van der Waals surface area contributed by atoms with Crippen molar-refractivity contribution in [2.24, 2.45) is 11.8 Å². The van der Waals surface area contributed by atoms with Crippen LogP contribution in [0.25, 0.3) is 0 Å². The van der Waals surface area contributed by atoms with Gasteiger partial charge < -0.3 is 20.8 Å². The summed E-state index contributed by atoms with van der Waals surface area (Å²) in [6.45, 7) is 4.70. The van der Waals surface area contributed by atoms with Crippen LogP contribution in [0.5, 0.6) is 11.5 Å². The molecule has 1 amide bonds. The van der Waals surface area contributed by atoms with Gasteiger partial charge in [0.15, 0.2) is 11.5 Å². The number of piperidine rings is 1. The van der Waals surface area contributed by atoms with Crippen molar-refractivity contribution < 1.29 is 15.0 Å². The highest BCUT2D eigenvalue weighted by Crippen LogP contribution is 2.28. The minimum Gasteiger partial charge on any atom is -0.504 e. The van der Waals surface area contributed by atoms with Gasteiger partial charge in [-0.2, -0.15) is 0 Å². The molecular formula is C14H20N2O3. The first-order valence-electron chi connectivity index (χ1n) is 6.59. The van der Waals surface area contributed by atoms with Crippen LogP contribution in [0, 0.1) is 11.8 Å². The lowest BCUT2D eigenvalue weighted by Gasteiger charge is -2.29. The molecule has 104 valence electrons. The van der Waals surface area contributed by atoms with E-state index in [-0.39, 0.29) is 23.0 Å². The number of hydrogen-bond acceptors (Lipinski definition) is 4. The zero-order valence-corrected chi connectivity index (χ0v) is 11.0. The van der Waals surface area contributed by atoms with E-state index in [4.69, 9.17) is 0 Å². The third-order valence-electron chi connectivity index (χ3n) is 3.75.